The van der Waals surface area contributed by atoms with Gasteiger partial charge in [0.05, 0.1) is 11.3 Å². The van der Waals surface area contributed by atoms with Gasteiger partial charge in [-0.15, -0.1) is 11.3 Å². The highest BCUT2D eigenvalue weighted by Gasteiger charge is 2.12. The van der Waals surface area contributed by atoms with Crippen molar-refractivity contribution in [1.82, 2.24) is 4.98 Å². The molecule has 4 aromatic rings. The van der Waals surface area contributed by atoms with E-state index >= 15 is 0 Å². The second-order valence-electron chi connectivity index (χ2n) is 5.76. The molecule has 2 heterocycles. The van der Waals surface area contributed by atoms with Gasteiger partial charge in [0.2, 0.25) is 5.91 Å². The normalized spacial score (nSPS) is 11.1. The minimum Gasteiger partial charge on any atom is -0.422 e. The third kappa shape index (κ3) is 3.86. The van der Waals surface area contributed by atoms with E-state index < -0.39 is 5.63 Å². The van der Waals surface area contributed by atoms with Crippen molar-refractivity contribution in [3.63, 3.8) is 0 Å². The van der Waals surface area contributed by atoms with Gasteiger partial charge in [-0.25, -0.2) is 9.78 Å². The van der Waals surface area contributed by atoms with Gasteiger partial charge in [0, 0.05) is 16.8 Å². The smallest absolute Gasteiger partial charge is 0.345 e. The van der Waals surface area contributed by atoms with E-state index in [-0.39, 0.29) is 5.91 Å². The van der Waals surface area contributed by atoms with Crippen LogP contribution in [-0.4, -0.2) is 10.9 Å². The number of rotatable bonds is 4. The highest BCUT2D eigenvalue weighted by molar-refractivity contribution is 7.14. The molecule has 6 heteroatoms. The average Bonchev–Trinajstić information content (AvgIpc) is 3.15. The molecule has 0 aliphatic rings. The molecule has 0 radical (unpaired) electrons. The number of hydrogen-bond acceptors (Lipinski definition) is 5. The van der Waals surface area contributed by atoms with Crippen LogP contribution in [0.2, 0.25) is 0 Å². The minimum atomic E-state index is -0.458. The van der Waals surface area contributed by atoms with Gasteiger partial charge in [0.25, 0.3) is 0 Å². The largest absolute Gasteiger partial charge is 0.422 e. The molecule has 5 nitrogen and oxygen atoms in total. The molecule has 2 aromatic heterocycles. The van der Waals surface area contributed by atoms with E-state index in [9.17, 15) is 9.59 Å². The Morgan fingerprint density at radius 1 is 1.07 bits per heavy atom. The summed E-state index contributed by atoms with van der Waals surface area (Å²) in [6.45, 7) is 0. The Kier molecular flexibility index (Phi) is 4.63. The summed E-state index contributed by atoms with van der Waals surface area (Å²) in [6.07, 6.45) is 3.17. The molecule has 1 N–H and O–H groups in total. The third-order valence-electron chi connectivity index (χ3n) is 3.88. The van der Waals surface area contributed by atoms with Crippen LogP contribution in [-0.2, 0) is 4.79 Å². The molecule has 0 saturated carbocycles. The summed E-state index contributed by atoms with van der Waals surface area (Å²) < 4.78 is 5.34. The first-order valence-corrected chi connectivity index (χ1v) is 9.10. The summed E-state index contributed by atoms with van der Waals surface area (Å²) in [5.74, 6) is -0.287. The SMILES string of the molecule is O=C(C=Cc1ccccc1)Nc1nc(-c2cc3ccccc3oc2=O)cs1. The van der Waals surface area contributed by atoms with Crippen LogP contribution in [0.3, 0.4) is 0 Å². The second kappa shape index (κ2) is 7.39. The predicted octanol–water partition coefficient (Wildman–Crippen LogP) is 4.57. The summed E-state index contributed by atoms with van der Waals surface area (Å²) in [6, 6.07) is 18.6. The lowest BCUT2D eigenvalue weighted by Crippen LogP contribution is -2.08. The first-order valence-electron chi connectivity index (χ1n) is 8.22. The second-order valence-corrected chi connectivity index (χ2v) is 6.61. The highest BCUT2D eigenvalue weighted by Crippen LogP contribution is 2.25. The molecule has 0 fully saturated rings. The molecule has 4 rings (SSSR count). The van der Waals surface area contributed by atoms with Crippen LogP contribution < -0.4 is 10.9 Å². The van der Waals surface area contributed by atoms with E-state index in [2.05, 4.69) is 10.3 Å². The van der Waals surface area contributed by atoms with Crippen molar-refractivity contribution < 1.29 is 9.21 Å². The summed E-state index contributed by atoms with van der Waals surface area (Å²) in [7, 11) is 0. The molecular weight excluding hydrogens is 360 g/mol. The van der Waals surface area contributed by atoms with Gasteiger partial charge < -0.3 is 4.42 Å². The number of carbonyl (C=O) groups excluding carboxylic acids is 1. The maximum absolute atomic E-state index is 12.2. The van der Waals surface area contributed by atoms with E-state index in [0.29, 0.717) is 22.0 Å². The van der Waals surface area contributed by atoms with Crippen LogP contribution in [0, 0.1) is 0 Å². The average molecular weight is 374 g/mol. The fourth-order valence-electron chi connectivity index (χ4n) is 2.58. The van der Waals surface area contributed by atoms with E-state index in [1.54, 1.807) is 23.6 Å². The molecule has 2 aromatic carbocycles. The van der Waals surface area contributed by atoms with E-state index in [1.807, 2.05) is 48.5 Å². The molecule has 0 aliphatic carbocycles. The first kappa shape index (κ1) is 16.9. The molecule has 0 atom stereocenters. The molecule has 0 aliphatic heterocycles. The van der Waals surface area contributed by atoms with Gasteiger partial charge in [-0.05, 0) is 23.8 Å². The molecule has 0 bridgehead atoms. The van der Waals surface area contributed by atoms with Crippen molar-refractivity contribution in [2.45, 2.75) is 0 Å². The Morgan fingerprint density at radius 3 is 2.70 bits per heavy atom. The Labute approximate surface area is 158 Å². The molecule has 0 spiro atoms. The van der Waals surface area contributed by atoms with Crippen LogP contribution in [0.25, 0.3) is 28.3 Å². The molecule has 132 valence electrons. The number of para-hydroxylation sites is 1. The van der Waals surface area contributed by atoms with Crippen LogP contribution in [0.5, 0.6) is 0 Å². The molecule has 0 saturated heterocycles. The Bertz CT molecular complexity index is 1190. The standard InChI is InChI=1S/C21H14N2O3S/c24-19(11-10-14-6-2-1-3-7-14)23-21-22-17(13-27-21)16-12-15-8-4-5-9-18(15)26-20(16)25/h1-13H,(H,22,23,24). The summed E-state index contributed by atoms with van der Waals surface area (Å²) in [4.78, 5) is 28.6. The number of benzene rings is 2. The lowest BCUT2D eigenvalue weighted by Gasteiger charge is -1.99. The van der Waals surface area contributed by atoms with Crippen LogP contribution >= 0.6 is 11.3 Å². The number of amides is 1. The Hall–Kier alpha value is -3.51. The van der Waals surface area contributed by atoms with Crippen LogP contribution in [0.4, 0.5) is 5.13 Å². The number of thiazole rings is 1. The van der Waals surface area contributed by atoms with Crippen molar-refractivity contribution in [2.24, 2.45) is 0 Å². The zero-order valence-electron chi connectivity index (χ0n) is 14.1. The summed E-state index contributed by atoms with van der Waals surface area (Å²) in [5, 5.41) is 5.66. The lowest BCUT2D eigenvalue weighted by molar-refractivity contribution is -0.111. The number of nitrogens with one attached hydrogen (secondary N) is 1. The third-order valence-corrected chi connectivity index (χ3v) is 4.64. The zero-order valence-corrected chi connectivity index (χ0v) is 14.9. The van der Waals surface area contributed by atoms with Crippen molar-refractivity contribution >= 4 is 39.4 Å². The number of aromatic nitrogens is 1. The van der Waals surface area contributed by atoms with E-state index in [1.165, 1.54) is 17.4 Å². The number of hydrogen-bond donors (Lipinski definition) is 1. The predicted molar refractivity (Wildman–Crippen MR) is 108 cm³/mol. The molecule has 0 unspecified atom stereocenters. The van der Waals surface area contributed by atoms with Crippen molar-refractivity contribution in [2.75, 3.05) is 5.32 Å². The molecule has 27 heavy (non-hydrogen) atoms. The fraction of sp³-hybridized carbons (Fsp3) is 0. The molecule has 1 amide bonds. The van der Waals surface area contributed by atoms with Gasteiger partial charge in [-0.1, -0.05) is 48.5 Å². The Morgan fingerprint density at radius 2 is 1.85 bits per heavy atom. The number of nitrogens with zero attached hydrogens (tertiary/aromatic N) is 1. The van der Waals surface area contributed by atoms with Crippen molar-refractivity contribution in [3.8, 4) is 11.3 Å². The lowest BCUT2D eigenvalue weighted by atomic mass is 10.1. The van der Waals surface area contributed by atoms with Crippen LogP contribution in [0.15, 0.2) is 81.3 Å². The first-order chi connectivity index (χ1) is 13.2. The minimum absolute atomic E-state index is 0.287. The zero-order chi connectivity index (χ0) is 18.6. The van der Waals surface area contributed by atoms with Crippen molar-refractivity contribution in [1.29, 1.82) is 0 Å². The maximum atomic E-state index is 12.2. The van der Waals surface area contributed by atoms with Gasteiger partial charge in [-0.3, -0.25) is 10.1 Å². The summed E-state index contributed by atoms with van der Waals surface area (Å²) in [5.41, 5.74) is 1.84. The number of fused-ring (bicyclic) bond motifs is 1. The monoisotopic (exact) mass is 374 g/mol. The maximum Gasteiger partial charge on any atom is 0.345 e. The van der Waals surface area contributed by atoms with Gasteiger partial charge >= 0.3 is 5.63 Å². The van der Waals surface area contributed by atoms with Gasteiger partial charge in [0.15, 0.2) is 5.13 Å². The fourth-order valence-corrected chi connectivity index (χ4v) is 3.29. The van der Waals surface area contributed by atoms with E-state index in [4.69, 9.17) is 4.42 Å². The number of carbonyl (C=O) groups is 1. The quantitative estimate of drug-likeness (QED) is 0.420. The number of anilines is 1. The van der Waals surface area contributed by atoms with E-state index in [0.717, 1.165) is 10.9 Å². The van der Waals surface area contributed by atoms with Crippen LogP contribution in [0.1, 0.15) is 5.56 Å². The van der Waals surface area contributed by atoms with Gasteiger partial charge in [0.1, 0.15) is 5.58 Å². The van der Waals surface area contributed by atoms with Crippen molar-refractivity contribution in [3.05, 3.63) is 88.1 Å². The highest BCUT2D eigenvalue weighted by atomic mass is 32.1. The molecular formula is C21H14N2O3S. The summed E-state index contributed by atoms with van der Waals surface area (Å²) >= 11 is 1.25. The topological polar surface area (TPSA) is 72.2 Å². The van der Waals surface area contributed by atoms with Gasteiger partial charge in [-0.2, -0.15) is 0 Å². The Balaban J connectivity index is 1.53.